The average Bonchev–Trinajstić information content (AvgIpc) is 3.56. The molecule has 0 amide bonds. The predicted molar refractivity (Wildman–Crippen MR) is 133 cm³/mol. The number of hydrogen-bond acceptors (Lipinski definition) is 6. The maximum absolute atomic E-state index is 9.32. The number of rotatable bonds is 6. The molecule has 1 unspecified atom stereocenters. The lowest BCUT2D eigenvalue weighted by molar-refractivity contribution is 0.220. The topological polar surface area (TPSA) is 97.5 Å². The van der Waals surface area contributed by atoms with E-state index in [0.717, 1.165) is 59.3 Å². The summed E-state index contributed by atoms with van der Waals surface area (Å²) in [6, 6.07) is 18.9. The molecular formula is C26H27N7O. The Morgan fingerprint density at radius 1 is 1.09 bits per heavy atom. The van der Waals surface area contributed by atoms with Crippen molar-refractivity contribution in [3.8, 4) is 11.1 Å². The number of nitrogens with zero attached hydrogens (tertiary/aromatic N) is 6. The molecule has 8 heteroatoms. The molecule has 0 radical (unpaired) electrons. The number of β-amino-alcohol motifs (C(OH)–C–C–N with tert-alkyl or cyclic N) is 1. The van der Waals surface area contributed by atoms with E-state index in [1.807, 2.05) is 27.4 Å². The molecule has 4 heterocycles. The van der Waals surface area contributed by atoms with E-state index >= 15 is 0 Å². The molecule has 1 aliphatic rings. The van der Waals surface area contributed by atoms with Gasteiger partial charge < -0.3 is 15.7 Å². The molecular weight excluding hydrogens is 426 g/mol. The SMILES string of the molecule is Nc1ncnn2c(C3CCN(CCO)C3)cc(-c3ccc4cn(Cc5ccccc5)nc4c3)c12. The van der Waals surface area contributed by atoms with Gasteiger partial charge in [-0.05, 0) is 36.2 Å². The van der Waals surface area contributed by atoms with Crippen LogP contribution in [0, 0.1) is 0 Å². The van der Waals surface area contributed by atoms with Gasteiger partial charge in [0, 0.05) is 41.8 Å². The van der Waals surface area contributed by atoms with Crippen LogP contribution in [0.15, 0.2) is 67.1 Å². The van der Waals surface area contributed by atoms with Crippen molar-refractivity contribution in [2.24, 2.45) is 0 Å². The fraction of sp³-hybridized carbons (Fsp3) is 0.269. The van der Waals surface area contributed by atoms with Crippen molar-refractivity contribution >= 4 is 22.2 Å². The van der Waals surface area contributed by atoms with Gasteiger partial charge in [0.1, 0.15) is 11.8 Å². The van der Waals surface area contributed by atoms with Crippen LogP contribution in [0.5, 0.6) is 0 Å². The Kier molecular flexibility index (Phi) is 5.24. The summed E-state index contributed by atoms with van der Waals surface area (Å²) in [6.07, 6.45) is 4.63. The Labute approximate surface area is 197 Å². The van der Waals surface area contributed by atoms with E-state index in [1.165, 1.54) is 11.9 Å². The second-order valence-corrected chi connectivity index (χ2v) is 8.98. The molecule has 1 aliphatic heterocycles. The van der Waals surface area contributed by atoms with Crippen molar-refractivity contribution in [3.63, 3.8) is 0 Å². The van der Waals surface area contributed by atoms with E-state index in [1.54, 1.807) is 0 Å². The van der Waals surface area contributed by atoms with Crippen LogP contribution in [-0.2, 0) is 6.54 Å². The van der Waals surface area contributed by atoms with Gasteiger partial charge in [-0.25, -0.2) is 9.50 Å². The van der Waals surface area contributed by atoms with Crippen LogP contribution < -0.4 is 5.73 Å². The maximum atomic E-state index is 9.32. The van der Waals surface area contributed by atoms with Gasteiger partial charge >= 0.3 is 0 Å². The Morgan fingerprint density at radius 3 is 2.82 bits per heavy atom. The van der Waals surface area contributed by atoms with Crippen molar-refractivity contribution < 1.29 is 5.11 Å². The molecule has 2 aromatic carbocycles. The minimum absolute atomic E-state index is 0.179. The van der Waals surface area contributed by atoms with Gasteiger partial charge in [0.25, 0.3) is 0 Å². The number of nitrogen functional groups attached to an aromatic ring is 1. The number of anilines is 1. The van der Waals surface area contributed by atoms with Crippen molar-refractivity contribution in [2.45, 2.75) is 18.9 Å². The molecule has 0 aliphatic carbocycles. The lowest BCUT2D eigenvalue weighted by Crippen LogP contribution is -2.24. The van der Waals surface area contributed by atoms with Crippen LogP contribution in [0.3, 0.4) is 0 Å². The molecule has 6 rings (SSSR count). The summed E-state index contributed by atoms with van der Waals surface area (Å²) in [5.41, 5.74) is 12.5. The molecule has 34 heavy (non-hydrogen) atoms. The first-order chi connectivity index (χ1) is 16.7. The normalized spacial score (nSPS) is 16.7. The Hall–Kier alpha value is -3.75. The number of aliphatic hydroxyl groups is 1. The summed E-state index contributed by atoms with van der Waals surface area (Å²) in [6.45, 7) is 3.49. The van der Waals surface area contributed by atoms with Gasteiger partial charge in [-0.2, -0.15) is 10.2 Å². The van der Waals surface area contributed by atoms with Gasteiger partial charge in [0.15, 0.2) is 5.82 Å². The third-order valence-corrected chi connectivity index (χ3v) is 6.77. The van der Waals surface area contributed by atoms with E-state index in [4.69, 9.17) is 10.8 Å². The molecule has 1 fully saturated rings. The lowest BCUT2D eigenvalue weighted by atomic mass is 10.0. The number of benzene rings is 2. The van der Waals surface area contributed by atoms with Crippen LogP contribution >= 0.6 is 0 Å². The molecule has 3 N–H and O–H groups in total. The summed E-state index contributed by atoms with van der Waals surface area (Å²) >= 11 is 0. The Morgan fingerprint density at radius 2 is 1.97 bits per heavy atom. The van der Waals surface area contributed by atoms with E-state index in [-0.39, 0.29) is 6.61 Å². The number of aliphatic hydroxyl groups excluding tert-OH is 1. The highest BCUT2D eigenvalue weighted by Crippen LogP contribution is 2.36. The molecule has 172 valence electrons. The first-order valence-electron chi connectivity index (χ1n) is 11.7. The van der Waals surface area contributed by atoms with E-state index < -0.39 is 0 Å². The summed E-state index contributed by atoms with van der Waals surface area (Å²) in [7, 11) is 0. The van der Waals surface area contributed by atoms with E-state index in [2.05, 4.69) is 57.6 Å². The quantitative estimate of drug-likeness (QED) is 0.410. The van der Waals surface area contributed by atoms with E-state index in [0.29, 0.717) is 18.3 Å². The summed E-state index contributed by atoms with van der Waals surface area (Å²) in [4.78, 5) is 6.57. The average molecular weight is 454 g/mol. The van der Waals surface area contributed by atoms with Gasteiger partial charge in [-0.1, -0.05) is 42.5 Å². The minimum atomic E-state index is 0.179. The molecule has 1 atom stereocenters. The summed E-state index contributed by atoms with van der Waals surface area (Å²) in [5.74, 6) is 0.798. The van der Waals surface area contributed by atoms with Crippen molar-refractivity contribution in [3.05, 3.63) is 78.4 Å². The summed E-state index contributed by atoms with van der Waals surface area (Å²) in [5, 5.41) is 19.8. The largest absolute Gasteiger partial charge is 0.395 e. The lowest BCUT2D eigenvalue weighted by Gasteiger charge is -2.14. The highest BCUT2D eigenvalue weighted by atomic mass is 16.3. The fourth-order valence-corrected chi connectivity index (χ4v) is 5.11. The number of likely N-dealkylation sites (tertiary alicyclic amines) is 1. The molecule has 5 aromatic rings. The number of nitrogens with two attached hydrogens (primary N) is 1. The third kappa shape index (κ3) is 3.70. The molecule has 1 saturated heterocycles. The van der Waals surface area contributed by atoms with Crippen LogP contribution in [0.2, 0.25) is 0 Å². The zero-order valence-corrected chi connectivity index (χ0v) is 18.9. The van der Waals surface area contributed by atoms with Gasteiger partial charge in [0.05, 0.1) is 18.7 Å². The zero-order chi connectivity index (χ0) is 23.1. The monoisotopic (exact) mass is 453 g/mol. The molecule has 3 aromatic heterocycles. The van der Waals surface area contributed by atoms with E-state index in [9.17, 15) is 5.11 Å². The highest BCUT2D eigenvalue weighted by Gasteiger charge is 2.28. The second kappa shape index (κ2) is 8.55. The predicted octanol–water partition coefficient (Wildman–Crippen LogP) is 3.16. The standard InChI is InChI=1S/C26H27N7O/c27-26-25-22(13-24(33(25)29-17-28-26)21-8-9-31(15-21)10-11-34)19-6-7-20-16-32(30-23(20)12-19)14-18-4-2-1-3-5-18/h1-7,12-13,16-17,21,34H,8-11,14-15H2,(H2,27,28,29). The minimum Gasteiger partial charge on any atom is -0.395 e. The fourth-order valence-electron chi connectivity index (χ4n) is 5.11. The summed E-state index contributed by atoms with van der Waals surface area (Å²) < 4.78 is 3.93. The molecule has 8 nitrogen and oxygen atoms in total. The Bertz CT molecular complexity index is 1460. The molecule has 0 bridgehead atoms. The number of hydrogen-bond donors (Lipinski definition) is 2. The van der Waals surface area contributed by atoms with Crippen molar-refractivity contribution in [1.82, 2.24) is 29.3 Å². The van der Waals surface area contributed by atoms with Gasteiger partial charge in [-0.3, -0.25) is 4.68 Å². The zero-order valence-electron chi connectivity index (χ0n) is 18.9. The molecule has 0 saturated carbocycles. The second-order valence-electron chi connectivity index (χ2n) is 8.98. The first-order valence-corrected chi connectivity index (χ1v) is 11.7. The van der Waals surface area contributed by atoms with Crippen LogP contribution in [-0.4, -0.2) is 60.6 Å². The number of fused-ring (bicyclic) bond motifs is 2. The first kappa shape index (κ1) is 20.8. The number of aromatic nitrogens is 5. The molecule has 0 spiro atoms. The van der Waals surface area contributed by atoms with Crippen molar-refractivity contribution in [1.29, 1.82) is 0 Å². The van der Waals surface area contributed by atoms with Crippen molar-refractivity contribution in [2.75, 3.05) is 32.0 Å². The smallest absolute Gasteiger partial charge is 0.151 e. The van der Waals surface area contributed by atoms with Crippen LogP contribution in [0.4, 0.5) is 5.82 Å². The maximum Gasteiger partial charge on any atom is 0.151 e. The van der Waals surface area contributed by atoms with Crippen LogP contribution in [0.25, 0.3) is 27.5 Å². The van der Waals surface area contributed by atoms with Gasteiger partial charge in [0.2, 0.25) is 0 Å². The van der Waals surface area contributed by atoms with Crippen LogP contribution in [0.1, 0.15) is 23.6 Å². The highest BCUT2D eigenvalue weighted by molar-refractivity contribution is 5.92. The Balaban J connectivity index is 1.39. The third-order valence-electron chi connectivity index (χ3n) is 6.77. The van der Waals surface area contributed by atoms with Gasteiger partial charge in [-0.15, -0.1) is 0 Å².